The van der Waals surface area contributed by atoms with Gasteiger partial charge in [-0.25, -0.2) is 4.99 Å². The molecule has 0 aliphatic rings. The van der Waals surface area contributed by atoms with Gasteiger partial charge < -0.3 is 18.0 Å². The lowest BCUT2D eigenvalue weighted by Gasteiger charge is -2.10. The summed E-state index contributed by atoms with van der Waals surface area (Å²) in [5.74, 6) is 2.27. The highest BCUT2D eigenvalue weighted by Crippen LogP contribution is 2.43. The minimum absolute atomic E-state index is 0.171. The molecule has 0 unspecified atom stereocenters. The lowest BCUT2D eigenvalue weighted by Crippen LogP contribution is -1.99. The Balaban J connectivity index is 1.66. The third-order valence-corrected chi connectivity index (χ3v) is 5.22. The molecule has 5 rings (SSSR count). The van der Waals surface area contributed by atoms with Gasteiger partial charge in [0.25, 0.3) is 0 Å². The highest BCUT2D eigenvalue weighted by molar-refractivity contribution is 6.03. The standard InChI is InChI=1S/C27H20N2O4/c1-2-13-30-22-12-11-18-7-3-4-8-19(18)21(22)17-29-27-20(16-28)25(23-9-5-14-31-23)26(33-27)24-10-6-15-32-24/h3-12,14-15,17H,2,13H2,1H3. The molecule has 0 N–H and O–H groups in total. The van der Waals surface area contributed by atoms with Gasteiger partial charge >= 0.3 is 0 Å². The number of hydrogen-bond donors (Lipinski definition) is 0. The van der Waals surface area contributed by atoms with Crippen LogP contribution in [0.4, 0.5) is 5.88 Å². The Bertz CT molecular complexity index is 1450. The monoisotopic (exact) mass is 436 g/mol. The van der Waals surface area contributed by atoms with Crippen molar-refractivity contribution >= 4 is 22.9 Å². The van der Waals surface area contributed by atoms with Gasteiger partial charge in [0.15, 0.2) is 11.5 Å². The first-order valence-electron chi connectivity index (χ1n) is 10.6. The quantitative estimate of drug-likeness (QED) is 0.249. The van der Waals surface area contributed by atoms with Crippen molar-refractivity contribution in [1.82, 2.24) is 0 Å². The summed E-state index contributed by atoms with van der Waals surface area (Å²) in [5.41, 5.74) is 1.59. The fourth-order valence-corrected chi connectivity index (χ4v) is 3.72. The molecule has 5 aromatic rings. The minimum Gasteiger partial charge on any atom is -0.493 e. The molecule has 6 heteroatoms. The first-order chi connectivity index (χ1) is 16.3. The average molecular weight is 436 g/mol. The fraction of sp³-hybridized carbons (Fsp3) is 0.111. The zero-order chi connectivity index (χ0) is 22.6. The summed E-state index contributed by atoms with van der Waals surface area (Å²) in [6.07, 6.45) is 5.67. The number of aliphatic imine (C=N–C) groups is 1. The Hall–Kier alpha value is -4.50. The van der Waals surface area contributed by atoms with E-state index in [1.807, 2.05) is 36.4 Å². The predicted molar refractivity (Wildman–Crippen MR) is 126 cm³/mol. The van der Waals surface area contributed by atoms with Crippen molar-refractivity contribution in [2.75, 3.05) is 6.61 Å². The highest BCUT2D eigenvalue weighted by atomic mass is 16.5. The molecule has 6 nitrogen and oxygen atoms in total. The van der Waals surface area contributed by atoms with E-state index in [-0.39, 0.29) is 11.4 Å². The molecule has 0 bridgehead atoms. The molecule has 0 atom stereocenters. The van der Waals surface area contributed by atoms with Gasteiger partial charge in [0.2, 0.25) is 5.88 Å². The van der Waals surface area contributed by atoms with E-state index in [0.717, 1.165) is 28.5 Å². The molecule has 0 amide bonds. The van der Waals surface area contributed by atoms with E-state index >= 15 is 0 Å². The van der Waals surface area contributed by atoms with Gasteiger partial charge in [-0.1, -0.05) is 37.3 Å². The van der Waals surface area contributed by atoms with Crippen molar-refractivity contribution in [3.8, 4) is 34.7 Å². The highest BCUT2D eigenvalue weighted by Gasteiger charge is 2.26. The molecule has 0 fully saturated rings. The summed E-state index contributed by atoms with van der Waals surface area (Å²) in [5, 5.41) is 12.0. The molecule has 2 aromatic carbocycles. The first-order valence-corrected chi connectivity index (χ1v) is 10.6. The summed E-state index contributed by atoms with van der Waals surface area (Å²) in [4.78, 5) is 4.59. The van der Waals surface area contributed by atoms with Crippen molar-refractivity contribution in [3.05, 3.63) is 84.3 Å². The third-order valence-electron chi connectivity index (χ3n) is 5.22. The summed E-state index contributed by atoms with van der Waals surface area (Å²) >= 11 is 0. The summed E-state index contributed by atoms with van der Waals surface area (Å²) in [6.45, 7) is 2.65. The van der Waals surface area contributed by atoms with E-state index in [2.05, 4.69) is 18.0 Å². The number of nitriles is 1. The van der Waals surface area contributed by atoms with Crippen LogP contribution in [0.2, 0.25) is 0 Å². The number of nitrogens with zero attached hydrogens (tertiary/aromatic N) is 2. The van der Waals surface area contributed by atoms with Gasteiger partial charge in [0, 0.05) is 11.8 Å². The molecule has 33 heavy (non-hydrogen) atoms. The van der Waals surface area contributed by atoms with E-state index in [4.69, 9.17) is 18.0 Å². The van der Waals surface area contributed by atoms with Crippen molar-refractivity contribution in [3.63, 3.8) is 0 Å². The van der Waals surface area contributed by atoms with Crippen LogP contribution in [-0.2, 0) is 0 Å². The lowest BCUT2D eigenvalue weighted by molar-refractivity contribution is 0.317. The second-order valence-electron chi connectivity index (χ2n) is 7.36. The molecule has 3 aromatic heterocycles. The SMILES string of the molecule is CCCOc1ccc2ccccc2c1C=Nc1oc(-c2ccco2)c(-c2ccco2)c1C#N. The van der Waals surface area contributed by atoms with E-state index in [0.29, 0.717) is 29.5 Å². The number of furan rings is 3. The molecule has 0 radical (unpaired) electrons. The predicted octanol–water partition coefficient (Wildman–Crippen LogP) is 7.36. The minimum atomic E-state index is 0.171. The van der Waals surface area contributed by atoms with Gasteiger partial charge in [-0.15, -0.1) is 0 Å². The van der Waals surface area contributed by atoms with Crippen LogP contribution < -0.4 is 4.74 Å². The van der Waals surface area contributed by atoms with Crippen molar-refractivity contribution in [2.24, 2.45) is 4.99 Å². The van der Waals surface area contributed by atoms with Crippen molar-refractivity contribution in [2.45, 2.75) is 13.3 Å². The zero-order valence-corrected chi connectivity index (χ0v) is 17.9. The Labute approximate surface area is 190 Å². The molecule has 162 valence electrons. The normalized spacial score (nSPS) is 11.3. The van der Waals surface area contributed by atoms with Gasteiger partial charge in [-0.3, -0.25) is 0 Å². The Morgan fingerprint density at radius 3 is 2.48 bits per heavy atom. The van der Waals surface area contributed by atoms with Gasteiger partial charge in [-0.2, -0.15) is 5.26 Å². The maximum Gasteiger partial charge on any atom is 0.238 e. The smallest absolute Gasteiger partial charge is 0.238 e. The second kappa shape index (κ2) is 8.93. The number of fused-ring (bicyclic) bond motifs is 1. The maximum absolute atomic E-state index is 9.97. The van der Waals surface area contributed by atoms with Crippen LogP contribution in [0.1, 0.15) is 24.5 Å². The Morgan fingerprint density at radius 2 is 1.76 bits per heavy atom. The number of hydrogen-bond acceptors (Lipinski definition) is 6. The van der Waals surface area contributed by atoms with Crippen molar-refractivity contribution < 1.29 is 18.0 Å². The van der Waals surface area contributed by atoms with Crippen LogP contribution in [0.15, 0.2) is 91.4 Å². The summed E-state index contributed by atoms with van der Waals surface area (Å²) in [6, 6.07) is 21.2. The van der Waals surface area contributed by atoms with Crippen LogP contribution in [-0.4, -0.2) is 12.8 Å². The van der Waals surface area contributed by atoms with Crippen LogP contribution in [0, 0.1) is 11.3 Å². The fourth-order valence-electron chi connectivity index (χ4n) is 3.72. The van der Waals surface area contributed by atoms with Crippen LogP contribution in [0.5, 0.6) is 5.75 Å². The lowest BCUT2D eigenvalue weighted by atomic mass is 10.0. The van der Waals surface area contributed by atoms with Crippen molar-refractivity contribution in [1.29, 1.82) is 5.26 Å². The Kier molecular flexibility index (Phi) is 5.52. The average Bonchev–Trinajstić information content (AvgIpc) is 3.61. The molecule has 0 aliphatic heterocycles. The molecule has 0 saturated heterocycles. The second-order valence-corrected chi connectivity index (χ2v) is 7.36. The molecule has 0 spiro atoms. The number of benzene rings is 2. The maximum atomic E-state index is 9.97. The van der Waals surface area contributed by atoms with E-state index < -0.39 is 0 Å². The van der Waals surface area contributed by atoms with Gasteiger partial charge in [0.05, 0.1) is 24.7 Å². The molecule has 0 saturated carbocycles. The Morgan fingerprint density at radius 1 is 0.970 bits per heavy atom. The van der Waals surface area contributed by atoms with Crippen LogP contribution in [0.3, 0.4) is 0 Å². The summed E-state index contributed by atoms with van der Waals surface area (Å²) in [7, 11) is 0. The van der Waals surface area contributed by atoms with Crippen LogP contribution >= 0.6 is 0 Å². The van der Waals surface area contributed by atoms with E-state index in [9.17, 15) is 5.26 Å². The van der Waals surface area contributed by atoms with Gasteiger partial charge in [0.1, 0.15) is 23.1 Å². The molecule has 0 aliphatic carbocycles. The van der Waals surface area contributed by atoms with Gasteiger partial charge in [-0.05, 0) is 47.5 Å². The number of rotatable bonds is 7. The van der Waals surface area contributed by atoms with E-state index in [1.165, 1.54) is 0 Å². The van der Waals surface area contributed by atoms with E-state index in [1.54, 1.807) is 43.0 Å². The largest absolute Gasteiger partial charge is 0.493 e. The molecular formula is C27H20N2O4. The first kappa shape index (κ1) is 20.4. The number of ether oxygens (including phenoxy) is 1. The molecular weight excluding hydrogens is 416 g/mol. The third kappa shape index (κ3) is 3.81. The molecule has 3 heterocycles. The van der Waals surface area contributed by atoms with Crippen LogP contribution in [0.25, 0.3) is 33.6 Å². The zero-order valence-electron chi connectivity index (χ0n) is 17.9. The summed E-state index contributed by atoms with van der Waals surface area (Å²) < 4.78 is 23.1. The topological polar surface area (TPSA) is 84.8 Å².